The van der Waals surface area contributed by atoms with Gasteiger partial charge in [0.2, 0.25) is 0 Å². The van der Waals surface area contributed by atoms with E-state index in [1.54, 1.807) is 0 Å². The van der Waals surface area contributed by atoms with E-state index in [1.807, 2.05) is 0 Å². The van der Waals surface area contributed by atoms with Gasteiger partial charge in [0.05, 0.1) is 12.7 Å². The van der Waals surface area contributed by atoms with E-state index in [2.05, 4.69) is 37.4 Å². The highest BCUT2D eigenvalue weighted by Gasteiger charge is 2.12. The van der Waals surface area contributed by atoms with Crippen molar-refractivity contribution < 1.29 is 4.74 Å². The van der Waals surface area contributed by atoms with E-state index < -0.39 is 0 Å². The van der Waals surface area contributed by atoms with Crippen LogP contribution in [0.2, 0.25) is 0 Å². The van der Waals surface area contributed by atoms with Crippen LogP contribution >= 0.6 is 0 Å². The summed E-state index contributed by atoms with van der Waals surface area (Å²) < 4.78 is 5.88. The summed E-state index contributed by atoms with van der Waals surface area (Å²) in [6.07, 6.45) is 2.74. The van der Waals surface area contributed by atoms with Gasteiger partial charge in [0.15, 0.2) is 0 Å². The molecule has 1 aliphatic heterocycles. The van der Waals surface area contributed by atoms with E-state index in [9.17, 15) is 0 Å². The zero-order chi connectivity index (χ0) is 10.5. The van der Waals surface area contributed by atoms with Gasteiger partial charge in [-0.25, -0.2) is 0 Å². The maximum Gasteiger partial charge on any atom is 0.139 e. The van der Waals surface area contributed by atoms with Gasteiger partial charge in [-0.05, 0) is 31.5 Å². The van der Waals surface area contributed by atoms with Crippen molar-refractivity contribution in [3.8, 4) is 0 Å². The molecule has 0 radical (unpaired) electrons. The monoisotopic (exact) mass is 203 g/mol. The molecule has 3 heteroatoms. The van der Waals surface area contributed by atoms with Gasteiger partial charge in [0.25, 0.3) is 0 Å². The average molecular weight is 203 g/mol. The van der Waals surface area contributed by atoms with Gasteiger partial charge in [0, 0.05) is 0 Å². The summed E-state index contributed by atoms with van der Waals surface area (Å²) in [7, 11) is 2.12. The minimum Gasteiger partial charge on any atom is -0.373 e. The summed E-state index contributed by atoms with van der Waals surface area (Å²) in [6.45, 7) is 2.95. The fraction of sp³-hybridized carbons (Fsp3) is 0.500. The van der Waals surface area contributed by atoms with Crippen molar-refractivity contribution in [1.82, 2.24) is 5.32 Å². The van der Waals surface area contributed by atoms with Gasteiger partial charge in [-0.3, -0.25) is 0 Å². The smallest absolute Gasteiger partial charge is 0.139 e. The van der Waals surface area contributed by atoms with Crippen molar-refractivity contribution in [2.75, 3.05) is 13.1 Å². The number of benzene rings is 1. The molecule has 80 valence electrons. The standard InChI is InChI=1S/C12H18BNO/c13-11-3-1-2-10(8-11)9-15-12-4-6-14-7-5-12/h1-3,8,12,14H,4-7,9,13H2. The largest absolute Gasteiger partial charge is 0.373 e. The molecule has 2 nitrogen and oxygen atoms in total. The van der Waals surface area contributed by atoms with Crippen molar-refractivity contribution in [2.45, 2.75) is 25.6 Å². The Labute approximate surface area is 92.4 Å². The van der Waals surface area contributed by atoms with Crippen LogP contribution in [0.15, 0.2) is 24.3 Å². The first-order chi connectivity index (χ1) is 7.34. The van der Waals surface area contributed by atoms with E-state index in [4.69, 9.17) is 4.74 Å². The lowest BCUT2D eigenvalue weighted by Gasteiger charge is -2.23. The molecular weight excluding hydrogens is 185 g/mol. The zero-order valence-electron chi connectivity index (χ0n) is 9.33. The third-order valence-corrected chi connectivity index (χ3v) is 2.85. The Morgan fingerprint density at radius 2 is 2.13 bits per heavy atom. The highest BCUT2D eigenvalue weighted by atomic mass is 16.5. The first-order valence-corrected chi connectivity index (χ1v) is 5.72. The second-order valence-electron chi connectivity index (χ2n) is 4.25. The predicted molar refractivity (Wildman–Crippen MR) is 65.3 cm³/mol. The molecule has 1 N–H and O–H groups in total. The topological polar surface area (TPSA) is 21.3 Å². The van der Waals surface area contributed by atoms with Crippen LogP contribution < -0.4 is 10.8 Å². The molecule has 0 spiro atoms. The predicted octanol–water partition coefficient (Wildman–Crippen LogP) is 0.214. The fourth-order valence-electron chi connectivity index (χ4n) is 1.98. The van der Waals surface area contributed by atoms with Crippen LogP contribution in [0.3, 0.4) is 0 Å². The van der Waals surface area contributed by atoms with Crippen molar-refractivity contribution in [3.05, 3.63) is 29.8 Å². The van der Waals surface area contributed by atoms with Crippen LogP contribution in [-0.4, -0.2) is 27.0 Å². The fourth-order valence-corrected chi connectivity index (χ4v) is 1.98. The lowest BCUT2D eigenvalue weighted by atomic mass is 9.95. The number of rotatable bonds is 3. The molecule has 1 heterocycles. The minimum absolute atomic E-state index is 0.451. The van der Waals surface area contributed by atoms with Gasteiger partial charge in [-0.15, -0.1) is 0 Å². The van der Waals surface area contributed by atoms with E-state index in [0.29, 0.717) is 6.10 Å². The van der Waals surface area contributed by atoms with E-state index in [0.717, 1.165) is 32.5 Å². The van der Waals surface area contributed by atoms with Crippen molar-refractivity contribution >= 4 is 13.3 Å². The number of piperidine rings is 1. The van der Waals surface area contributed by atoms with Gasteiger partial charge < -0.3 is 10.1 Å². The molecule has 1 fully saturated rings. The average Bonchev–Trinajstić information content (AvgIpc) is 2.28. The Morgan fingerprint density at radius 3 is 2.87 bits per heavy atom. The van der Waals surface area contributed by atoms with Crippen molar-refractivity contribution in [2.24, 2.45) is 0 Å². The lowest BCUT2D eigenvalue weighted by molar-refractivity contribution is 0.0212. The Bertz CT molecular complexity index is 310. The first-order valence-electron chi connectivity index (χ1n) is 5.72. The van der Waals surface area contributed by atoms with E-state index in [1.165, 1.54) is 11.0 Å². The quantitative estimate of drug-likeness (QED) is 0.709. The molecule has 0 aliphatic carbocycles. The lowest BCUT2D eigenvalue weighted by Crippen LogP contribution is -2.32. The number of ether oxygens (including phenoxy) is 1. The number of hydrogen-bond donors (Lipinski definition) is 1. The van der Waals surface area contributed by atoms with Gasteiger partial charge in [0.1, 0.15) is 7.85 Å². The summed E-state index contributed by atoms with van der Waals surface area (Å²) in [4.78, 5) is 0. The summed E-state index contributed by atoms with van der Waals surface area (Å²) in [5.41, 5.74) is 2.59. The molecule has 1 saturated heterocycles. The van der Waals surface area contributed by atoms with Crippen LogP contribution in [0.25, 0.3) is 0 Å². The maximum absolute atomic E-state index is 5.88. The molecule has 1 aromatic carbocycles. The van der Waals surface area contributed by atoms with Gasteiger partial charge >= 0.3 is 0 Å². The van der Waals surface area contributed by atoms with Gasteiger partial charge in [-0.2, -0.15) is 0 Å². The van der Waals surface area contributed by atoms with Crippen molar-refractivity contribution in [1.29, 1.82) is 0 Å². The first kappa shape index (κ1) is 10.7. The molecule has 15 heavy (non-hydrogen) atoms. The van der Waals surface area contributed by atoms with Gasteiger partial charge in [-0.1, -0.05) is 29.7 Å². The van der Waals surface area contributed by atoms with Crippen LogP contribution in [0.5, 0.6) is 0 Å². The Balaban J connectivity index is 1.81. The van der Waals surface area contributed by atoms with Crippen LogP contribution in [-0.2, 0) is 11.3 Å². The molecule has 0 bridgehead atoms. The van der Waals surface area contributed by atoms with E-state index in [-0.39, 0.29) is 0 Å². The molecule has 2 rings (SSSR count). The molecular formula is C12H18BNO. The molecule has 0 unspecified atom stereocenters. The van der Waals surface area contributed by atoms with E-state index >= 15 is 0 Å². The second kappa shape index (κ2) is 5.33. The summed E-state index contributed by atoms with van der Waals surface area (Å²) in [5, 5.41) is 3.34. The Morgan fingerprint density at radius 1 is 1.33 bits per heavy atom. The highest BCUT2D eigenvalue weighted by molar-refractivity contribution is 6.32. The highest BCUT2D eigenvalue weighted by Crippen LogP contribution is 2.10. The summed E-state index contributed by atoms with van der Waals surface area (Å²) >= 11 is 0. The molecule has 0 saturated carbocycles. The summed E-state index contributed by atoms with van der Waals surface area (Å²) in [5.74, 6) is 0. The zero-order valence-corrected chi connectivity index (χ0v) is 9.33. The molecule has 1 aromatic rings. The van der Waals surface area contributed by atoms with Crippen molar-refractivity contribution in [3.63, 3.8) is 0 Å². The SMILES string of the molecule is Bc1cccc(COC2CCNCC2)c1. The third-order valence-electron chi connectivity index (χ3n) is 2.85. The minimum atomic E-state index is 0.451. The van der Waals surface area contributed by atoms with Crippen LogP contribution in [0, 0.1) is 0 Å². The summed E-state index contributed by atoms with van der Waals surface area (Å²) in [6, 6.07) is 8.54. The maximum atomic E-state index is 5.88. The number of nitrogens with one attached hydrogen (secondary N) is 1. The Kier molecular flexibility index (Phi) is 3.81. The van der Waals surface area contributed by atoms with Crippen LogP contribution in [0.1, 0.15) is 18.4 Å². The Hall–Kier alpha value is -0.795. The normalized spacial score (nSPS) is 17.9. The number of hydrogen-bond acceptors (Lipinski definition) is 2. The third kappa shape index (κ3) is 3.36. The molecule has 0 aromatic heterocycles. The second-order valence-corrected chi connectivity index (χ2v) is 4.25. The molecule has 1 aliphatic rings. The molecule has 0 amide bonds. The van der Waals surface area contributed by atoms with Crippen LogP contribution in [0.4, 0.5) is 0 Å². The molecule has 0 atom stereocenters.